The van der Waals surface area contributed by atoms with Crippen molar-refractivity contribution in [2.75, 3.05) is 0 Å². The molecule has 0 aliphatic carbocycles. The van der Waals surface area contributed by atoms with E-state index in [1.807, 2.05) is 45.2 Å². The van der Waals surface area contributed by atoms with Crippen LogP contribution in [0.15, 0.2) is 36.4 Å². The molecule has 0 spiro atoms. The van der Waals surface area contributed by atoms with E-state index in [0.29, 0.717) is 7.14 Å². The number of alkyl halides is 2. The molecule has 0 aromatic heterocycles. The highest BCUT2D eigenvalue weighted by molar-refractivity contribution is 14.1. The third-order valence-electron chi connectivity index (χ3n) is 3.01. The van der Waals surface area contributed by atoms with Gasteiger partial charge in [0.2, 0.25) is 0 Å². The second kappa shape index (κ2) is 8.33. The molecular formula is C16H7F2I2O7-. The Labute approximate surface area is 177 Å². The second-order valence-electron chi connectivity index (χ2n) is 4.89. The van der Waals surface area contributed by atoms with E-state index in [2.05, 4.69) is 4.74 Å². The number of hydrogen-bond donors (Lipinski definition) is 1. The monoisotopic (exact) mass is 603 g/mol. The Kier molecular flexibility index (Phi) is 6.56. The molecule has 11 heteroatoms. The predicted molar refractivity (Wildman–Crippen MR) is 101 cm³/mol. The Morgan fingerprint density at radius 1 is 1.07 bits per heavy atom. The van der Waals surface area contributed by atoms with Crippen molar-refractivity contribution in [3.05, 3.63) is 54.7 Å². The van der Waals surface area contributed by atoms with Gasteiger partial charge in [-0.2, -0.15) is 8.78 Å². The summed E-state index contributed by atoms with van der Waals surface area (Å²) in [6.07, 6.45) is -4.53. The normalized spacial score (nSPS) is 11.0. The van der Waals surface area contributed by atoms with E-state index in [1.54, 1.807) is 6.07 Å². The van der Waals surface area contributed by atoms with Crippen molar-refractivity contribution in [1.82, 2.24) is 0 Å². The standard InChI is InChI=1S/C16H8F2I2O7/c17-16(18,15(24)25)27-9-3-1-7(2-4-9)14(23)26-12-10(13(21)22)5-8(19)6-11(12)20/h1-6H,(H,21,22)(H,24,25)/p-1. The highest BCUT2D eigenvalue weighted by Gasteiger charge is 2.34. The molecule has 2 aromatic rings. The summed E-state index contributed by atoms with van der Waals surface area (Å²) in [7, 11) is 0. The molecule has 7 nitrogen and oxygen atoms in total. The van der Waals surface area contributed by atoms with Crippen molar-refractivity contribution in [3.63, 3.8) is 0 Å². The lowest BCUT2D eigenvalue weighted by Crippen LogP contribution is -2.45. The largest absolute Gasteiger partial charge is 0.541 e. The van der Waals surface area contributed by atoms with Crippen LogP contribution in [0.4, 0.5) is 8.78 Å². The molecule has 0 aliphatic rings. The van der Waals surface area contributed by atoms with Crippen LogP contribution in [0.5, 0.6) is 11.5 Å². The van der Waals surface area contributed by atoms with Crippen LogP contribution in [0.2, 0.25) is 0 Å². The van der Waals surface area contributed by atoms with Gasteiger partial charge in [0.15, 0.2) is 11.7 Å². The van der Waals surface area contributed by atoms with Crippen LogP contribution in [-0.4, -0.2) is 29.1 Å². The summed E-state index contributed by atoms with van der Waals surface area (Å²) in [5.41, 5.74) is -0.307. The number of halogens is 4. The minimum Gasteiger partial charge on any atom is -0.541 e. The van der Waals surface area contributed by atoms with Gasteiger partial charge >= 0.3 is 18.0 Å². The summed E-state index contributed by atoms with van der Waals surface area (Å²) >= 11 is 3.73. The lowest BCUT2D eigenvalue weighted by molar-refractivity contribution is -0.350. The number of carbonyl (C=O) groups excluding carboxylic acids is 2. The van der Waals surface area contributed by atoms with Gasteiger partial charge in [-0.25, -0.2) is 9.59 Å². The zero-order valence-electron chi connectivity index (χ0n) is 12.9. The van der Waals surface area contributed by atoms with Crippen molar-refractivity contribution in [3.8, 4) is 11.5 Å². The molecule has 0 radical (unpaired) electrons. The number of carbonyl (C=O) groups is 3. The van der Waals surface area contributed by atoms with Crippen LogP contribution in [0.3, 0.4) is 0 Å². The van der Waals surface area contributed by atoms with E-state index in [1.165, 1.54) is 6.07 Å². The molecule has 0 fully saturated rings. The molecule has 0 saturated carbocycles. The summed E-state index contributed by atoms with van der Waals surface area (Å²) in [4.78, 5) is 33.8. The third-order valence-corrected chi connectivity index (χ3v) is 4.43. The van der Waals surface area contributed by atoms with Crippen LogP contribution in [0.25, 0.3) is 0 Å². The van der Waals surface area contributed by atoms with Gasteiger partial charge in [-0.05, 0) is 81.6 Å². The fourth-order valence-corrected chi connectivity index (χ4v) is 3.78. The molecule has 0 saturated heterocycles. The zero-order chi connectivity index (χ0) is 20.4. The molecule has 1 N–H and O–H groups in total. The first-order valence-corrected chi connectivity index (χ1v) is 9.00. The van der Waals surface area contributed by atoms with E-state index >= 15 is 0 Å². The van der Waals surface area contributed by atoms with Crippen molar-refractivity contribution >= 4 is 63.1 Å². The van der Waals surface area contributed by atoms with Gasteiger partial charge in [0, 0.05) is 3.57 Å². The predicted octanol–water partition coefficient (Wildman–Crippen LogP) is 2.53. The SMILES string of the molecule is O=C(Oc1c(I)cc(I)cc1C(=O)O)c1ccc(OC(F)(F)C(=O)[O-])cc1. The van der Waals surface area contributed by atoms with Crippen LogP contribution >= 0.6 is 45.2 Å². The fraction of sp³-hybridized carbons (Fsp3) is 0.0625. The second-order valence-corrected chi connectivity index (χ2v) is 7.30. The van der Waals surface area contributed by atoms with Crippen LogP contribution in [-0.2, 0) is 4.79 Å². The van der Waals surface area contributed by atoms with Gasteiger partial charge in [-0.3, -0.25) is 0 Å². The lowest BCUT2D eigenvalue weighted by atomic mass is 10.2. The smallest absolute Gasteiger partial charge is 0.441 e. The Balaban J connectivity index is 2.23. The number of benzene rings is 2. The number of carboxylic acids is 2. The molecule has 142 valence electrons. The molecular weight excluding hydrogens is 596 g/mol. The molecule has 0 amide bonds. The molecule has 0 heterocycles. The van der Waals surface area contributed by atoms with Gasteiger partial charge < -0.3 is 24.5 Å². The van der Waals surface area contributed by atoms with Crippen LogP contribution in [0, 0.1) is 7.14 Å². The maximum Gasteiger partial charge on any atom is 0.441 e. The van der Waals surface area contributed by atoms with Crippen LogP contribution < -0.4 is 14.6 Å². The zero-order valence-corrected chi connectivity index (χ0v) is 17.2. The number of aliphatic carboxylic acids is 1. The summed E-state index contributed by atoms with van der Waals surface area (Å²) < 4.78 is 36.0. The number of hydrogen-bond acceptors (Lipinski definition) is 6. The summed E-state index contributed by atoms with van der Waals surface area (Å²) in [5, 5.41) is 19.5. The fourth-order valence-electron chi connectivity index (χ4n) is 1.82. The third kappa shape index (κ3) is 5.24. The van der Waals surface area contributed by atoms with E-state index < -0.39 is 29.8 Å². The Hall–Kier alpha value is -2.03. The molecule has 0 bridgehead atoms. The number of esters is 1. The lowest BCUT2D eigenvalue weighted by Gasteiger charge is -2.18. The van der Waals surface area contributed by atoms with Crippen molar-refractivity contribution in [2.24, 2.45) is 0 Å². The highest BCUT2D eigenvalue weighted by Crippen LogP contribution is 2.29. The van der Waals surface area contributed by atoms with Gasteiger partial charge in [0.25, 0.3) is 0 Å². The van der Waals surface area contributed by atoms with Crippen LogP contribution in [0.1, 0.15) is 20.7 Å². The van der Waals surface area contributed by atoms with Gasteiger partial charge in [-0.15, -0.1) is 0 Å². The van der Waals surface area contributed by atoms with E-state index in [0.717, 1.165) is 24.3 Å². The summed E-state index contributed by atoms with van der Waals surface area (Å²) in [6, 6.07) is 6.92. The van der Waals surface area contributed by atoms with Crippen molar-refractivity contribution in [1.29, 1.82) is 0 Å². The molecule has 0 aliphatic heterocycles. The Morgan fingerprint density at radius 2 is 1.67 bits per heavy atom. The van der Waals surface area contributed by atoms with E-state index in [9.17, 15) is 33.4 Å². The summed E-state index contributed by atoms with van der Waals surface area (Å²) in [6.45, 7) is 0. The van der Waals surface area contributed by atoms with Gasteiger partial charge in [0.05, 0.1) is 9.13 Å². The molecule has 2 rings (SSSR count). The minimum absolute atomic E-state index is 0.0928. The van der Waals surface area contributed by atoms with Gasteiger partial charge in [0.1, 0.15) is 11.3 Å². The quantitative estimate of drug-likeness (QED) is 0.307. The van der Waals surface area contributed by atoms with E-state index in [-0.39, 0.29) is 16.9 Å². The number of carboxylic acid groups (broad SMARTS) is 2. The maximum atomic E-state index is 12.9. The molecule has 0 unspecified atom stereocenters. The van der Waals surface area contributed by atoms with E-state index in [4.69, 9.17) is 4.74 Å². The van der Waals surface area contributed by atoms with Crippen molar-refractivity contribution < 1.29 is 42.9 Å². The summed E-state index contributed by atoms with van der Waals surface area (Å²) in [5.74, 6) is -5.61. The van der Waals surface area contributed by atoms with Gasteiger partial charge in [-0.1, -0.05) is 0 Å². The Bertz CT molecular complexity index is 914. The average molecular weight is 603 g/mol. The number of ether oxygens (including phenoxy) is 2. The topological polar surface area (TPSA) is 113 Å². The first-order valence-electron chi connectivity index (χ1n) is 6.84. The first-order chi connectivity index (χ1) is 12.5. The highest BCUT2D eigenvalue weighted by atomic mass is 127. The Morgan fingerprint density at radius 3 is 2.19 bits per heavy atom. The number of aromatic carboxylic acids is 1. The maximum absolute atomic E-state index is 12.9. The average Bonchev–Trinajstić information content (AvgIpc) is 2.56. The minimum atomic E-state index is -4.53. The molecule has 27 heavy (non-hydrogen) atoms. The first kappa shape index (κ1) is 21.3. The van der Waals surface area contributed by atoms with Crippen molar-refractivity contribution in [2.45, 2.75) is 6.11 Å². The number of rotatable bonds is 6. The molecule has 2 aromatic carbocycles. The molecule has 0 atom stereocenters.